The van der Waals surface area contributed by atoms with Gasteiger partial charge in [-0.1, -0.05) is 24.3 Å². The Morgan fingerprint density at radius 2 is 2.04 bits per heavy atom. The molecule has 0 saturated carbocycles. The van der Waals surface area contributed by atoms with Gasteiger partial charge in [-0.2, -0.15) is 5.10 Å². The number of likely N-dealkylation sites (tertiary alicyclic amines) is 1. The minimum absolute atomic E-state index is 0.0623. The van der Waals surface area contributed by atoms with Crippen molar-refractivity contribution in [3.63, 3.8) is 0 Å². The Morgan fingerprint density at radius 3 is 2.85 bits per heavy atom. The number of urea groups is 1. The van der Waals surface area contributed by atoms with Crippen LogP contribution in [0.3, 0.4) is 0 Å². The molecule has 2 aliphatic rings. The Labute approximate surface area is 154 Å². The summed E-state index contributed by atoms with van der Waals surface area (Å²) < 4.78 is 2.08. The number of rotatable bonds is 4. The third-order valence-electron chi connectivity index (χ3n) is 5.49. The summed E-state index contributed by atoms with van der Waals surface area (Å²) in [5.74, 6) is 0. The number of aromatic nitrogens is 2. The van der Waals surface area contributed by atoms with Crippen molar-refractivity contribution in [2.75, 3.05) is 26.2 Å². The van der Waals surface area contributed by atoms with Crippen LogP contribution in [0.4, 0.5) is 4.79 Å². The van der Waals surface area contributed by atoms with Crippen molar-refractivity contribution in [3.8, 4) is 0 Å². The quantitative estimate of drug-likeness (QED) is 0.919. The van der Waals surface area contributed by atoms with Crippen molar-refractivity contribution >= 4 is 6.03 Å². The first kappa shape index (κ1) is 17.1. The fourth-order valence-corrected chi connectivity index (χ4v) is 4.00. The Morgan fingerprint density at radius 1 is 1.23 bits per heavy atom. The van der Waals surface area contributed by atoms with Crippen molar-refractivity contribution in [2.45, 2.75) is 38.9 Å². The molecule has 138 valence electrons. The third kappa shape index (κ3) is 3.60. The number of carbonyl (C=O) groups is 1. The average molecular weight is 353 g/mol. The summed E-state index contributed by atoms with van der Waals surface area (Å²) in [6, 6.07) is 10.9. The van der Waals surface area contributed by atoms with Crippen LogP contribution < -0.4 is 5.32 Å². The number of amides is 2. The normalized spacial score (nSPS) is 20.2. The number of aryl methyl sites for hydroxylation is 1. The minimum Gasteiger partial charge on any atom is -0.336 e. The van der Waals surface area contributed by atoms with Gasteiger partial charge in [0.2, 0.25) is 0 Å². The maximum absolute atomic E-state index is 12.3. The van der Waals surface area contributed by atoms with E-state index >= 15 is 0 Å². The Balaban J connectivity index is 1.42. The minimum atomic E-state index is 0.0623. The third-order valence-corrected chi connectivity index (χ3v) is 5.49. The molecule has 3 heterocycles. The van der Waals surface area contributed by atoms with E-state index in [2.05, 4.69) is 57.3 Å². The fourth-order valence-electron chi connectivity index (χ4n) is 4.00. The lowest BCUT2D eigenvalue weighted by molar-refractivity contribution is 0.161. The highest BCUT2D eigenvalue weighted by molar-refractivity contribution is 5.74. The number of nitrogens with zero attached hydrogens (tertiary/aromatic N) is 4. The van der Waals surface area contributed by atoms with E-state index < -0.39 is 0 Å². The van der Waals surface area contributed by atoms with Crippen LogP contribution in [0.15, 0.2) is 36.5 Å². The molecule has 1 N–H and O–H groups in total. The Hall–Kier alpha value is -2.34. The van der Waals surface area contributed by atoms with Crippen LogP contribution in [0.1, 0.15) is 35.7 Å². The van der Waals surface area contributed by atoms with Crippen LogP contribution in [0.25, 0.3) is 0 Å². The second-order valence-corrected chi connectivity index (χ2v) is 7.40. The molecule has 0 aliphatic carbocycles. The van der Waals surface area contributed by atoms with Gasteiger partial charge in [0, 0.05) is 45.5 Å². The van der Waals surface area contributed by atoms with Gasteiger partial charge in [-0.3, -0.25) is 9.58 Å². The zero-order valence-electron chi connectivity index (χ0n) is 15.4. The number of nitrogens with one attached hydrogen (secondary N) is 1. The van der Waals surface area contributed by atoms with Crippen molar-refractivity contribution in [2.24, 2.45) is 0 Å². The average Bonchev–Trinajstić information content (AvgIpc) is 3.33. The molecule has 6 heteroatoms. The van der Waals surface area contributed by atoms with E-state index in [-0.39, 0.29) is 12.1 Å². The van der Waals surface area contributed by atoms with Crippen molar-refractivity contribution in [1.29, 1.82) is 0 Å². The second-order valence-electron chi connectivity index (χ2n) is 7.40. The van der Waals surface area contributed by atoms with E-state index in [0.29, 0.717) is 6.54 Å². The first-order valence-corrected chi connectivity index (χ1v) is 9.53. The molecular formula is C20H27N5O. The molecule has 0 bridgehead atoms. The van der Waals surface area contributed by atoms with Gasteiger partial charge in [-0.05, 0) is 37.0 Å². The van der Waals surface area contributed by atoms with Crippen LogP contribution in [0.2, 0.25) is 0 Å². The van der Waals surface area contributed by atoms with Crippen molar-refractivity contribution in [1.82, 2.24) is 24.9 Å². The van der Waals surface area contributed by atoms with Crippen LogP contribution in [-0.2, 0) is 13.1 Å². The van der Waals surface area contributed by atoms with Crippen LogP contribution in [0, 0.1) is 6.92 Å². The molecule has 0 unspecified atom stereocenters. The monoisotopic (exact) mass is 353 g/mol. The van der Waals surface area contributed by atoms with Gasteiger partial charge in [0.15, 0.2) is 0 Å². The Bertz CT molecular complexity index is 765. The van der Waals surface area contributed by atoms with Gasteiger partial charge < -0.3 is 10.2 Å². The van der Waals surface area contributed by atoms with E-state index in [1.54, 1.807) is 0 Å². The van der Waals surface area contributed by atoms with Gasteiger partial charge in [-0.15, -0.1) is 0 Å². The molecule has 0 radical (unpaired) electrons. The zero-order chi connectivity index (χ0) is 17.9. The molecule has 4 rings (SSSR count). The highest BCUT2D eigenvalue weighted by Crippen LogP contribution is 2.22. The molecule has 2 aromatic rings. The van der Waals surface area contributed by atoms with E-state index in [9.17, 15) is 4.79 Å². The summed E-state index contributed by atoms with van der Waals surface area (Å²) in [6.45, 7) is 7.25. The van der Waals surface area contributed by atoms with Gasteiger partial charge >= 0.3 is 6.03 Å². The molecule has 1 fully saturated rings. The van der Waals surface area contributed by atoms with E-state index in [4.69, 9.17) is 0 Å². The fraction of sp³-hybridized carbons (Fsp3) is 0.500. The zero-order valence-corrected chi connectivity index (χ0v) is 15.4. The molecule has 1 aromatic heterocycles. The van der Waals surface area contributed by atoms with Crippen molar-refractivity contribution < 1.29 is 4.79 Å². The largest absolute Gasteiger partial charge is 0.336 e. The molecule has 1 atom stereocenters. The van der Waals surface area contributed by atoms with E-state index in [1.165, 1.54) is 16.8 Å². The molecule has 2 aliphatic heterocycles. The summed E-state index contributed by atoms with van der Waals surface area (Å²) >= 11 is 0. The highest BCUT2D eigenvalue weighted by Gasteiger charge is 2.27. The predicted octanol–water partition coefficient (Wildman–Crippen LogP) is 2.55. The number of fused-ring (bicyclic) bond motifs is 1. The number of benzene rings is 1. The lowest BCUT2D eigenvalue weighted by atomic mass is 10.1. The molecule has 0 spiro atoms. The predicted molar refractivity (Wildman–Crippen MR) is 101 cm³/mol. The summed E-state index contributed by atoms with van der Waals surface area (Å²) in [5.41, 5.74) is 3.90. The van der Waals surface area contributed by atoms with Gasteiger partial charge in [0.25, 0.3) is 0 Å². The molecule has 1 aromatic carbocycles. The summed E-state index contributed by atoms with van der Waals surface area (Å²) in [4.78, 5) is 16.7. The van der Waals surface area contributed by atoms with Crippen LogP contribution in [0.5, 0.6) is 0 Å². The maximum Gasteiger partial charge on any atom is 0.317 e. The molecular weight excluding hydrogens is 326 g/mol. The standard InChI is InChI=1S/C20H27N5O/c1-16-6-2-3-7-17(16)13-23-14-18-8-9-22-25(18)19(15-23)12-21-20(26)24-10-4-5-11-24/h2-3,6-9,19H,4-5,10-15H2,1H3,(H,21,26)/t19-/m0/s1. The van der Waals surface area contributed by atoms with E-state index in [1.807, 2.05) is 11.1 Å². The van der Waals surface area contributed by atoms with Crippen LogP contribution >= 0.6 is 0 Å². The first-order valence-electron chi connectivity index (χ1n) is 9.53. The van der Waals surface area contributed by atoms with Gasteiger partial charge in [0.1, 0.15) is 0 Å². The number of carbonyl (C=O) groups excluding carboxylic acids is 1. The molecule has 2 amide bonds. The first-order chi connectivity index (χ1) is 12.7. The van der Waals surface area contributed by atoms with Gasteiger partial charge in [0.05, 0.1) is 11.7 Å². The number of hydrogen-bond acceptors (Lipinski definition) is 3. The number of hydrogen-bond donors (Lipinski definition) is 1. The topological polar surface area (TPSA) is 53.4 Å². The molecule has 6 nitrogen and oxygen atoms in total. The second kappa shape index (κ2) is 7.50. The maximum atomic E-state index is 12.3. The lowest BCUT2D eigenvalue weighted by Gasteiger charge is -2.34. The smallest absolute Gasteiger partial charge is 0.317 e. The highest BCUT2D eigenvalue weighted by atomic mass is 16.2. The Kier molecular flexibility index (Phi) is 4.93. The SMILES string of the molecule is Cc1ccccc1CN1Cc2ccnn2[C@@H](CNC(=O)N2CCCC2)C1. The van der Waals surface area contributed by atoms with Crippen molar-refractivity contribution in [3.05, 3.63) is 53.3 Å². The van der Waals surface area contributed by atoms with Crippen LogP contribution in [-0.4, -0.2) is 51.8 Å². The summed E-state index contributed by atoms with van der Waals surface area (Å²) in [6.07, 6.45) is 4.09. The summed E-state index contributed by atoms with van der Waals surface area (Å²) in [7, 11) is 0. The van der Waals surface area contributed by atoms with Gasteiger partial charge in [-0.25, -0.2) is 4.79 Å². The van der Waals surface area contributed by atoms with E-state index in [0.717, 1.165) is 45.6 Å². The molecule has 26 heavy (non-hydrogen) atoms. The summed E-state index contributed by atoms with van der Waals surface area (Å²) in [5, 5.41) is 7.62. The molecule has 1 saturated heterocycles. The lowest BCUT2D eigenvalue weighted by Crippen LogP contribution is -2.45.